The third-order valence-electron chi connectivity index (χ3n) is 3.43. The predicted octanol–water partition coefficient (Wildman–Crippen LogP) is 2.61. The summed E-state index contributed by atoms with van der Waals surface area (Å²) in [5, 5.41) is 13.6. The molecule has 0 aliphatic rings. The number of fused-ring (bicyclic) bond motifs is 1. The minimum atomic E-state index is -0.585. The molecule has 1 aromatic heterocycles. The van der Waals surface area contributed by atoms with E-state index in [4.69, 9.17) is 9.15 Å². The molecule has 2 aromatic carbocycles. The first-order valence-electron chi connectivity index (χ1n) is 7.31. The molecular formula is C18H15NO5. The van der Waals surface area contributed by atoms with Crippen LogP contribution in [0, 0.1) is 0 Å². The molecule has 0 radical (unpaired) electrons. The molecule has 0 aliphatic carbocycles. The number of carbonyl (C=O) groups is 2. The van der Waals surface area contributed by atoms with Crippen LogP contribution in [0.2, 0.25) is 0 Å². The highest BCUT2D eigenvalue weighted by molar-refractivity contribution is 5.96. The maximum absolute atomic E-state index is 12.0. The number of hydrogen-bond acceptors (Lipinski definition) is 5. The quantitative estimate of drug-likeness (QED) is 0.704. The number of phenols is 1. The molecule has 0 saturated carbocycles. The van der Waals surface area contributed by atoms with Gasteiger partial charge in [-0.1, -0.05) is 12.1 Å². The third kappa shape index (κ3) is 3.73. The van der Waals surface area contributed by atoms with Crippen LogP contribution in [-0.4, -0.2) is 23.6 Å². The topological polar surface area (TPSA) is 88.8 Å². The zero-order chi connectivity index (χ0) is 16.9. The lowest BCUT2D eigenvalue weighted by atomic mass is 10.1. The fourth-order valence-electron chi connectivity index (χ4n) is 2.22. The number of hydrogen-bond donors (Lipinski definition) is 2. The molecule has 1 heterocycles. The number of carbonyl (C=O) groups excluding carboxylic acids is 2. The van der Waals surface area contributed by atoms with Crippen molar-refractivity contribution in [3.63, 3.8) is 0 Å². The SMILES string of the molecule is O=C(COC(=O)c1ccc2cc(O)ccc2c1)NCc1ccco1. The van der Waals surface area contributed by atoms with Gasteiger partial charge in [-0.3, -0.25) is 4.79 Å². The summed E-state index contributed by atoms with van der Waals surface area (Å²) < 4.78 is 10.1. The van der Waals surface area contributed by atoms with E-state index < -0.39 is 11.9 Å². The van der Waals surface area contributed by atoms with Gasteiger partial charge in [0.1, 0.15) is 11.5 Å². The lowest BCUT2D eigenvalue weighted by Crippen LogP contribution is -2.28. The van der Waals surface area contributed by atoms with Gasteiger partial charge in [0.25, 0.3) is 5.91 Å². The first-order chi connectivity index (χ1) is 11.6. The molecule has 24 heavy (non-hydrogen) atoms. The van der Waals surface area contributed by atoms with Crippen LogP contribution in [0.15, 0.2) is 59.2 Å². The summed E-state index contributed by atoms with van der Waals surface area (Å²) in [6.07, 6.45) is 1.51. The van der Waals surface area contributed by atoms with Crippen LogP contribution in [0.1, 0.15) is 16.1 Å². The lowest BCUT2D eigenvalue weighted by molar-refractivity contribution is -0.124. The number of nitrogens with one attached hydrogen (secondary N) is 1. The Balaban J connectivity index is 1.56. The van der Waals surface area contributed by atoms with Gasteiger partial charge in [0.15, 0.2) is 6.61 Å². The van der Waals surface area contributed by atoms with Gasteiger partial charge in [0.2, 0.25) is 0 Å². The summed E-state index contributed by atoms with van der Waals surface area (Å²) in [6.45, 7) is -0.129. The molecule has 3 aromatic rings. The van der Waals surface area contributed by atoms with Crippen LogP contribution in [0.4, 0.5) is 0 Å². The lowest BCUT2D eigenvalue weighted by Gasteiger charge is -2.06. The van der Waals surface area contributed by atoms with Crippen LogP contribution in [-0.2, 0) is 16.1 Å². The standard InChI is InChI=1S/C18H15NO5/c20-15-6-5-12-8-14(4-3-13(12)9-15)18(22)24-11-17(21)19-10-16-2-1-7-23-16/h1-9,20H,10-11H2,(H,19,21). The van der Waals surface area contributed by atoms with E-state index in [0.29, 0.717) is 11.3 Å². The molecule has 122 valence electrons. The van der Waals surface area contributed by atoms with Crippen molar-refractivity contribution in [1.29, 1.82) is 0 Å². The Morgan fingerprint density at radius 3 is 2.67 bits per heavy atom. The Kier molecular flexibility index (Phi) is 4.47. The summed E-state index contributed by atoms with van der Waals surface area (Å²) >= 11 is 0. The number of rotatable bonds is 5. The number of phenolic OH excluding ortho intramolecular Hbond substituents is 1. The van der Waals surface area contributed by atoms with Crippen molar-refractivity contribution in [2.75, 3.05) is 6.61 Å². The molecule has 6 heteroatoms. The van der Waals surface area contributed by atoms with Crippen molar-refractivity contribution in [3.05, 3.63) is 66.1 Å². The molecule has 3 rings (SSSR count). The first kappa shape index (κ1) is 15.6. The van der Waals surface area contributed by atoms with Gasteiger partial charge in [-0.05, 0) is 47.2 Å². The molecule has 0 unspecified atom stereocenters. The maximum Gasteiger partial charge on any atom is 0.338 e. The fourth-order valence-corrected chi connectivity index (χ4v) is 2.22. The second kappa shape index (κ2) is 6.87. The van der Waals surface area contributed by atoms with Gasteiger partial charge in [-0.2, -0.15) is 0 Å². The van der Waals surface area contributed by atoms with Crippen LogP contribution in [0.25, 0.3) is 10.8 Å². The van der Waals surface area contributed by atoms with Crippen LogP contribution in [0.5, 0.6) is 5.75 Å². The normalized spacial score (nSPS) is 10.5. The number of furan rings is 1. The van der Waals surface area contributed by atoms with E-state index in [2.05, 4.69) is 5.32 Å². The van der Waals surface area contributed by atoms with E-state index in [0.717, 1.165) is 10.8 Å². The Hall–Kier alpha value is -3.28. The van der Waals surface area contributed by atoms with E-state index >= 15 is 0 Å². The molecule has 0 atom stereocenters. The predicted molar refractivity (Wildman–Crippen MR) is 86.5 cm³/mol. The molecule has 2 N–H and O–H groups in total. The summed E-state index contributed by atoms with van der Waals surface area (Å²) in [5.74, 6) is -0.220. The summed E-state index contributed by atoms with van der Waals surface area (Å²) in [4.78, 5) is 23.7. The molecule has 0 fully saturated rings. The fraction of sp³-hybridized carbons (Fsp3) is 0.111. The van der Waals surface area contributed by atoms with Gasteiger partial charge in [-0.15, -0.1) is 0 Å². The van der Waals surface area contributed by atoms with Crippen molar-refractivity contribution < 1.29 is 23.8 Å². The average Bonchev–Trinajstić information content (AvgIpc) is 3.11. The molecule has 6 nitrogen and oxygen atoms in total. The number of benzene rings is 2. The van der Waals surface area contributed by atoms with Crippen molar-refractivity contribution >= 4 is 22.6 Å². The highest BCUT2D eigenvalue weighted by atomic mass is 16.5. The first-order valence-corrected chi connectivity index (χ1v) is 7.31. The smallest absolute Gasteiger partial charge is 0.338 e. The molecule has 0 saturated heterocycles. The van der Waals surface area contributed by atoms with E-state index in [-0.39, 0.29) is 18.9 Å². The van der Waals surface area contributed by atoms with Gasteiger partial charge in [0, 0.05) is 0 Å². The Bertz CT molecular complexity index is 870. The van der Waals surface area contributed by atoms with Crippen molar-refractivity contribution in [3.8, 4) is 5.75 Å². The third-order valence-corrected chi connectivity index (χ3v) is 3.43. The number of esters is 1. The van der Waals surface area contributed by atoms with Crippen molar-refractivity contribution in [2.24, 2.45) is 0 Å². The van der Waals surface area contributed by atoms with E-state index in [1.807, 2.05) is 0 Å². The van der Waals surface area contributed by atoms with E-state index in [9.17, 15) is 14.7 Å². The second-order valence-electron chi connectivity index (χ2n) is 5.18. The largest absolute Gasteiger partial charge is 0.508 e. The van der Waals surface area contributed by atoms with Gasteiger partial charge in [0.05, 0.1) is 18.4 Å². The summed E-state index contributed by atoms with van der Waals surface area (Å²) in [6, 6.07) is 13.3. The number of aromatic hydroxyl groups is 1. The highest BCUT2D eigenvalue weighted by Crippen LogP contribution is 2.21. The van der Waals surface area contributed by atoms with Crippen molar-refractivity contribution in [2.45, 2.75) is 6.54 Å². The molecule has 0 spiro atoms. The molecule has 0 aliphatic heterocycles. The Morgan fingerprint density at radius 1 is 1.08 bits per heavy atom. The van der Waals surface area contributed by atoms with E-state index in [1.165, 1.54) is 6.26 Å². The Morgan fingerprint density at radius 2 is 1.88 bits per heavy atom. The zero-order valence-corrected chi connectivity index (χ0v) is 12.7. The molecule has 1 amide bonds. The molecular weight excluding hydrogens is 310 g/mol. The van der Waals surface area contributed by atoms with Gasteiger partial charge >= 0.3 is 5.97 Å². The van der Waals surface area contributed by atoms with Crippen molar-refractivity contribution in [1.82, 2.24) is 5.32 Å². The van der Waals surface area contributed by atoms with Gasteiger partial charge in [-0.25, -0.2) is 4.79 Å². The highest BCUT2D eigenvalue weighted by Gasteiger charge is 2.11. The summed E-state index contributed by atoms with van der Waals surface area (Å²) in [7, 11) is 0. The zero-order valence-electron chi connectivity index (χ0n) is 12.7. The molecule has 0 bridgehead atoms. The minimum absolute atomic E-state index is 0.158. The van der Waals surface area contributed by atoms with Crippen LogP contribution in [0.3, 0.4) is 0 Å². The average molecular weight is 325 g/mol. The summed E-state index contributed by atoms with van der Waals surface area (Å²) in [5.41, 5.74) is 0.340. The van der Waals surface area contributed by atoms with Gasteiger partial charge < -0.3 is 19.6 Å². The van der Waals surface area contributed by atoms with E-state index in [1.54, 1.807) is 48.5 Å². The Labute approximate surface area is 137 Å². The number of ether oxygens (including phenoxy) is 1. The van der Waals surface area contributed by atoms with Crippen LogP contribution >= 0.6 is 0 Å². The monoisotopic (exact) mass is 325 g/mol. The maximum atomic E-state index is 12.0. The minimum Gasteiger partial charge on any atom is -0.508 e. The second-order valence-corrected chi connectivity index (χ2v) is 5.18. The number of amides is 1. The van der Waals surface area contributed by atoms with Crippen LogP contribution < -0.4 is 5.32 Å².